The zero-order chi connectivity index (χ0) is 12.0. The number of aliphatic hydroxyl groups excluding tert-OH is 1. The molecule has 0 aliphatic heterocycles. The number of rotatable bonds is 6. The van der Waals surface area contributed by atoms with Crippen LogP contribution in [0.3, 0.4) is 0 Å². The van der Waals surface area contributed by atoms with Crippen LogP contribution in [0.1, 0.15) is 25.8 Å². The molecule has 0 spiro atoms. The predicted octanol–water partition coefficient (Wildman–Crippen LogP) is 1.74. The third-order valence-corrected chi connectivity index (χ3v) is 2.66. The van der Waals surface area contributed by atoms with Gasteiger partial charge in [0.25, 0.3) is 0 Å². The molecule has 3 N–H and O–H groups in total. The zero-order valence-corrected chi connectivity index (χ0v) is 10.2. The number of aliphatic hydroxyl groups is 1. The molecule has 0 bridgehead atoms. The summed E-state index contributed by atoms with van der Waals surface area (Å²) in [4.78, 5) is 2.29. The number of nitrogens with zero attached hydrogens (tertiary/aromatic N) is 1. The Balaban J connectivity index is 2.82. The minimum absolute atomic E-state index is 0.236. The van der Waals surface area contributed by atoms with Gasteiger partial charge in [-0.15, -0.1) is 0 Å². The molecule has 90 valence electrons. The molecular weight excluding hydrogens is 200 g/mol. The topological polar surface area (TPSA) is 49.5 Å². The van der Waals surface area contributed by atoms with Crippen molar-refractivity contribution in [3.8, 4) is 0 Å². The van der Waals surface area contributed by atoms with Gasteiger partial charge in [-0.2, -0.15) is 0 Å². The molecule has 0 fully saturated rings. The van der Waals surface area contributed by atoms with Crippen LogP contribution in [0.15, 0.2) is 24.3 Å². The van der Waals surface area contributed by atoms with Crippen molar-refractivity contribution < 1.29 is 5.11 Å². The molecule has 0 aliphatic rings. The first kappa shape index (κ1) is 13.0. The standard InChI is InChI=1S/C13H22N2O/c1-11(2)15(7-4-8-16)13-6-3-5-12(9-13)10-14/h3,5-6,9,11,16H,4,7-8,10,14H2,1-2H3. The minimum atomic E-state index is 0.236. The monoisotopic (exact) mass is 222 g/mol. The van der Waals surface area contributed by atoms with Gasteiger partial charge in [0.15, 0.2) is 0 Å². The molecule has 0 unspecified atom stereocenters. The maximum Gasteiger partial charge on any atom is 0.0447 e. The van der Waals surface area contributed by atoms with Crippen molar-refractivity contribution in [3.63, 3.8) is 0 Å². The van der Waals surface area contributed by atoms with Crippen molar-refractivity contribution in [2.45, 2.75) is 32.9 Å². The van der Waals surface area contributed by atoms with Crippen molar-refractivity contribution >= 4 is 5.69 Å². The second kappa shape index (κ2) is 6.51. The molecule has 0 aromatic heterocycles. The van der Waals surface area contributed by atoms with Gasteiger partial charge in [-0.3, -0.25) is 0 Å². The summed E-state index contributed by atoms with van der Waals surface area (Å²) in [6.07, 6.45) is 0.797. The van der Waals surface area contributed by atoms with Crippen LogP contribution in [0.25, 0.3) is 0 Å². The minimum Gasteiger partial charge on any atom is -0.396 e. The molecule has 0 amide bonds. The SMILES string of the molecule is CC(C)N(CCCO)c1cccc(CN)c1. The molecule has 3 nitrogen and oxygen atoms in total. The molecular formula is C13H22N2O. The second-order valence-electron chi connectivity index (χ2n) is 4.24. The summed E-state index contributed by atoms with van der Waals surface area (Å²) in [5, 5.41) is 8.90. The van der Waals surface area contributed by atoms with Crippen molar-refractivity contribution in [2.75, 3.05) is 18.1 Å². The van der Waals surface area contributed by atoms with Crippen LogP contribution in [0.2, 0.25) is 0 Å². The molecule has 0 saturated heterocycles. The number of hydrogen-bond acceptors (Lipinski definition) is 3. The molecule has 0 saturated carbocycles. The van der Waals surface area contributed by atoms with Crippen molar-refractivity contribution in [1.82, 2.24) is 0 Å². The maximum absolute atomic E-state index is 8.90. The molecule has 1 aromatic rings. The third-order valence-electron chi connectivity index (χ3n) is 2.66. The first-order valence-corrected chi connectivity index (χ1v) is 5.85. The largest absolute Gasteiger partial charge is 0.396 e. The highest BCUT2D eigenvalue weighted by Crippen LogP contribution is 2.18. The zero-order valence-electron chi connectivity index (χ0n) is 10.2. The van der Waals surface area contributed by atoms with Gasteiger partial charge < -0.3 is 15.7 Å². The quantitative estimate of drug-likeness (QED) is 0.771. The van der Waals surface area contributed by atoms with Crippen molar-refractivity contribution in [3.05, 3.63) is 29.8 Å². The molecule has 0 heterocycles. The third kappa shape index (κ3) is 3.51. The fourth-order valence-corrected chi connectivity index (χ4v) is 1.79. The van der Waals surface area contributed by atoms with Crippen LogP contribution in [-0.4, -0.2) is 24.3 Å². The summed E-state index contributed by atoms with van der Waals surface area (Å²) in [7, 11) is 0. The lowest BCUT2D eigenvalue weighted by atomic mass is 10.1. The molecule has 3 heteroatoms. The first-order valence-electron chi connectivity index (χ1n) is 5.85. The van der Waals surface area contributed by atoms with Crippen LogP contribution >= 0.6 is 0 Å². The molecule has 0 atom stereocenters. The normalized spacial score (nSPS) is 10.8. The van der Waals surface area contributed by atoms with Gasteiger partial charge in [-0.25, -0.2) is 0 Å². The van der Waals surface area contributed by atoms with Gasteiger partial charge in [0.2, 0.25) is 0 Å². The van der Waals surface area contributed by atoms with Crippen LogP contribution in [0, 0.1) is 0 Å². The lowest BCUT2D eigenvalue weighted by Gasteiger charge is -2.29. The average Bonchev–Trinajstić information content (AvgIpc) is 2.29. The number of hydrogen-bond donors (Lipinski definition) is 2. The Labute approximate surface area is 97.9 Å². The van der Waals surface area contributed by atoms with E-state index in [0.29, 0.717) is 12.6 Å². The Kier molecular flexibility index (Phi) is 5.29. The summed E-state index contributed by atoms with van der Waals surface area (Å²) in [6.45, 7) is 6.00. The van der Waals surface area contributed by atoms with E-state index in [0.717, 1.165) is 18.5 Å². The maximum atomic E-state index is 8.90. The lowest BCUT2D eigenvalue weighted by Crippen LogP contribution is -2.32. The molecule has 1 aromatic carbocycles. The Morgan fingerprint density at radius 3 is 2.69 bits per heavy atom. The van der Waals surface area contributed by atoms with E-state index >= 15 is 0 Å². The van der Waals surface area contributed by atoms with Gasteiger partial charge in [-0.1, -0.05) is 12.1 Å². The Morgan fingerprint density at radius 1 is 1.38 bits per heavy atom. The van der Waals surface area contributed by atoms with Gasteiger partial charge in [0.05, 0.1) is 0 Å². The van der Waals surface area contributed by atoms with Crippen LogP contribution in [0.5, 0.6) is 0 Å². The number of anilines is 1. The lowest BCUT2D eigenvalue weighted by molar-refractivity contribution is 0.288. The van der Waals surface area contributed by atoms with Crippen molar-refractivity contribution in [1.29, 1.82) is 0 Å². The van der Waals surface area contributed by atoms with Gasteiger partial charge in [-0.05, 0) is 38.0 Å². The molecule has 0 radical (unpaired) electrons. The summed E-state index contributed by atoms with van der Waals surface area (Å²) in [5.41, 5.74) is 7.97. The molecule has 0 aliphatic carbocycles. The Morgan fingerprint density at radius 2 is 2.12 bits per heavy atom. The highest BCUT2D eigenvalue weighted by atomic mass is 16.3. The Hall–Kier alpha value is -1.06. The highest BCUT2D eigenvalue weighted by molar-refractivity contribution is 5.49. The van der Waals surface area contributed by atoms with E-state index in [9.17, 15) is 0 Å². The van der Waals surface area contributed by atoms with Gasteiger partial charge in [0.1, 0.15) is 0 Å². The molecule has 1 rings (SSSR count). The fraction of sp³-hybridized carbons (Fsp3) is 0.538. The predicted molar refractivity (Wildman–Crippen MR) is 68.5 cm³/mol. The van der Waals surface area contributed by atoms with E-state index in [1.54, 1.807) is 0 Å². The summed E-state index contributed by atoms with van der Waals surface area (Å²) < 4.78 is 0. The van der Waals surface area contributed by atoms with Crippen LogP contribution in [-0.2, 0) is 6.54 Å². The highest BCUT2D eigenvalue weighted by Gasteiger charge is 2.09. The fourth-order valence-electron chi connectivity index (χ4n) is 1.79. The van der Waals surface area contributed by atoms with Gasteiger partial charge in [0, 0.05) is 31.4 Å². The van der Waals surface area contributed by atoms with Gasteiger partial charge >= 0.3 is 0 Å². The number of nitrogens with two attached hydrogens (primary N) is 1. The van der Waals surface area contributed by atoms with E-state index in [2.05, 4.69) is 30.9 Å². The summed E-state index contributed by atoms with van der Waals surface area (Å²) in [5.74, 6) is 0. The molecule has 16 heavy (non-hydrogen) atoms. The van der Waals surface area contributed by atoms with E-state index < -0.39 is 0 Å². The average molecular weight is 222 g/mol. The smallest absolute Gasteiger partial charge is 0.0447 e. The summed E-state index contributed by atoms with van der Waals surface area (Å²) in [6, 6.07) is 8.72. The van der Waals surface area contributed by atoms with E-state index in [1.165, 1.54) is 5.69 Å². The second-order valence-corrected chi connectivity index (χ2v) is 4.24. The van der Waals surface area contributed by atoms with E-state index in [-0.39, 0.29) is 6.61 Å². The first-order chi connectivity index (χ1) is 7.69. The van der Waals surface area contributed by atoms with E-state index in [4.69, 9.17) is 10.8 Å². The van der Waals surface area contributed by atoms with Crippen LogP contribution < -0.4 is 10.6 Å². The Bertz CT molecular complexity index is 313. The number of benzene rings is 1. The van der Waals surface area contributed by atoms with Crippen molar-refractivity contribution in [2.24, 2.45) is 5.73 Å². The van der Waals surface area contributed by atoms with Crippen LogP contribution in [0.4, 0.5) is 5.69 Å². The van der Waals surface area contributed by atoms with E-state index in [1.807, 2.05) is 12.1 Å². The summed E-state index contributed by atoms with van der Waals surface area (Å²) >= 11 is 0.